The Labute approximate surface area is 119 Å². The van der Waals surface area contributed by atoms with E-state index < -0.39 is 62.2 Å². The van der Waals surface area contributed by atoms with E-state index in [0.29, 0.717) is 0 Å². The molecule has 1 fully saturated rings. The number of carbonyl (C=O) groups is 1. The van der Waals surface area contributed by atoms with Crippen molar-refractivity contribution in [2.45, 2.75) is 49.0 Å². The quantitative estimate of drug-likeness (QED) is 0.225. The van der Waals surface area contributed by atoms with Gasteiger partial charge in [0.1, 0.15) is 42.7 Å². The molecule has 1 aliphatic heterocycles. The summed E-state index contributed by atoms with van der Waals surface area (Å²) in [5.41, 5.74) is 0. The molecular formula is C11H20O10. The number of aldehydes is 1. The number of aliphatic hydroxyl groups excluding tert-OH is 7. The van der Waals surface area contributed by atoms with Gasteiger partial charge in [-0.25, -0.2) is 0 Å². The van der Waals surface area contributed by atoms with E-state index >= 15 is 0 Å². The third-order valence-electron chi connectivity index (χ3n) is 3.18. The van der Waals surface area contributed by atoms with Crippen molar-refractivity contribution in [1.82, 2.24) is 0 Å². The Balaban J connectivity index is 2.83. The van der Waals surface area contributed by atoms with Gasteiger partial charge in [0.25, 0.3) is 0 Å². The molecule has 21 heavy (non-hydrogen) atoms. The number of carbonyl (C=O) groups excluding carboxylic acids is 1. The van der Waals surface area contributed by atoms with E-state index in [0.717, 1.165) is 0 Å². The van der Waals surface area contributed by atoms with E-state index in [9.17, 15) is 30.3 Å². The van der Waals surface area contributed by atoms with E-state index in [-0.39, 0.29) is 6.29 Å². The summed E-state index contributed by atoms with van der Waals surface area (Å²) in [5.74, 6) is 0. The van der Waals surface area contributed by atoms with Gasteiger partial charge in [0.05, 0.1) is 13.2 Å². The van der Waals surface area contributed by atoms with Gasteiger partial charge >= 0.3 is 0 Å². The van der Waals surface area contributed by atoms with Crippen LogP contribution in [0, 0.1) is 0 Å². The Morgan fingerprint density at radius 2 is 1.71 bits per heavy atom. The van der Waals surface area contributed by atoms with Crippen LogP contribution in [-0.2, 0) is 14.3 Å². The third kappa shape index (κ3) is 4.16. The minimum atomic E-state index is -1.82. The van der Waals surface area contributed by atoms with E-state index in [1.165, 1.54) is 0 Å². The van der Waals surface area contributed by atoms with Crippen molar-refractivity contribution in [3.05, 3.63) is 0 Å². The molecule has 1 rings (SSSR count). The summed E-state index contributed by atoms with van der Waals surface area (Å²) in [6.45, 7) is -1.53. The van der Waals surface area contributed by atoms with Gasteiger partial charge < -0.3 is 50.0 Å². The second kappa shape index (κ2) is 8.08. The zero-order valence-electron chi connectivity index (χ0n) is 11.0. The molecule has 0 saturated carbocycles. The lowest BCUT2D eigenvalue weighted by Gasteiger charge is -2.41. The molecule has 0 amide bonds. The molecule has 0 bridgehead atoms. The molecule has 0 unspecified atom stereocenters. The highest BCUT2D eigenvalue weighted by Gasteiger charge is 2.46. The highest BCUT2D eigenvalue weighted by Crippen LogP contribution is 2.24. The summed E-state index contributed by atoms with van der Waals surface area (Å²) in [6.07, 6.45) is -13.0. The Bertz CT molecular complexity index is 324. The van der Waals surface area contributed by atoms with Crippen LogP contribution in [0.2, 0.25) is 0 Å². The number of aliphatic hydroxyl groups is 7. The van der Waals surface area contributed by atoms with Gasteiger partial charge in [-0.05, 0) is 0 Å². The first-order valence-electron chi connectivity index (χ1n) is 6.25. The predicted octanol–water partition coefficient (Wildman–Crippen LogP) is -4.92. The monoisotopic (exact) mass is 312 g/mol. The molecule has 124 valence electrons. The number of hydrogen-bond acceptors (Lipinski definition) is 10. The third-order valence-corrected chi connectivity index (χ3v) is 3.18. The Morgan fingerprint density at radius 1 is 1.10 bits per heavy atom. The van der Waals surface area contributed by atoms with Crippen LogP contribution in [0.1, 0.15) is 0 Å². The summed E-state index contributed by atoms with van der Waals surface area (Å²) in [7, 11) is 0. The van der Waals surface area contributed by atoms with Crippen molar-refractivity contribution in [2.24, 2.45) is 0 Å². The molecule has 0 spiro atoms. The predicted molar refractivity (Wildman–Crippen MR) is 63.8 cm³/mol. The normalized spacial score (nSPS) is 37.8. The lowest BCUT2D eigenvalue weighted by Crippen LogP contribution is -2.61. The van der Waals surface area contributed by atoms with Crippen LogP contribution in [0.5, 0.6) is 0 Å². The van der Waals surface area contributed by atoms with Crippen LogP contribution in [0.25, 0.3) is 0 Å². The van der Waals surface area contributed by atoms with Gasteiger partial charge in [-0.3, -0.25) is 0 Å². The zero-order chi connectivity index (χ0) is 16.2. The first-order chi connectivity index (χ1) is 9.87. The molecule has 0 aliphatic carbocycles. The van der Waals surface area contributed by atoms with Gasteiger partial charge in [0.15, 0.2) is 12.6 Å². The Morgan fingerprint density at radius 3 is 2.19 bits per heavy atom. The SMILES string of the molecule is O=C[C@@H](O)[C@H](O[C@@H]1O[C@H](CO)[C@H](O)[C@H](O)[C@H]1O)[C@H](O)CO. The average molecular weight is 312 g/mol. The maximum Gasteiger partial charge on any atom is 0.187 e. The van der Waals surface area contributed by atoms with Crippen LogP contribution in [0.4, 0.5) is 0 Å². The molecule has 1 aliphatic rings. The van der Waals surface area contributed by atoms with E-state index in [4.69, 9.17) is 19.7 Å². The number of hydrogen-bond donors (Lipinski definition) is 7. The molecule has 10 nitrogen and oxygen atoms in total. The van der Waals surface area contributed by atoms with Crippen molar-refractivity contribution in [2.75, 3.05) is 13.2 Å². The highest BCUT2D eigenvalue weighted by atomic mass is 16.7. The molecule has 1 heterocycles. The Hall–Kier alpha value is -0.690. The maximum atomic E-state index is 10.6. The van der Waals surface area contributed by atoms with Crippen LogP contribution >= 0.6 is 0 Å². The summed E-state index contributed by atoms with van der Waals surface area (Å²) >= 11 is 0. The smallest absolute Gasteiger partial charge is 0.187 e. The van der Waals surface area contributed by atoms with Crippen molar-refractivity contribution < 1.29 is 50.0 Å². The molecule has 0 aromatic rings. The van der Waals surface area contributed by atoms with Gasteiger partial charge in [-0.15, -0.1) is 0 Å². The van der Waals surface area contributed by atoms with Crippen LogP contribution < -0.4 is 0 Å². The lowest BCUT2D eigenvalue weighted by molar-refractivity contribution is -0.322. The van der Waals surface area contributed by atoms with E-state index in [1.807, 2.05) is 0 Å². The fraction of sp³-hybridized carbons (Fsp3) is 0.909. The lowest BCUT2D eigenvalue weighted by atomic mass is 9.99. The van der Waals surface area contributed by atoms with Crippen molar-refractivity contribution in [1.29, 1.82) is 0 Å². The molecule has 0 aromatic heterocycles. The van der Waals surface area contributed by atoms with E-state index in [2.05, 4.69) is 0 Å². The molecule has 10 heteroatoms. The van der Waals surface area contributed by atoms with Crippen LogP contribution in [0.15, 0.2) is 0 Å². The summed E-state index contributed by atoms with van der Waals surface area (Å²) in [6, 6.07) is 0. The topological polar surface area (TPSA) is 177 Å². The zero-order valence-corrected chi connectivity index (χ0v) is 11.0. The van der Waals surface area contributed by atoms with Gasteiger partial charge in [0.2, 0.25) is 0 Å². The minimum absolute atomic E-state index is 0.0492. The first-order valence-corrected chi connectivity index (χ1v) is 6.25. The standard InChI is InChI=1S/C11H20O10/c12-1-4(15)10(5(16)2-13)21-11-9(19)8(18)7(17)6(3-14)20-11/h1,4-11,13-19H,2-3H2/t4-,5-,6-,7+,8+,9-,10+,11+/m1/s1. The minimum Gasteiger partial charge on any atom is -0.394 e. The molecule has 8 atom stereocenters. The van der Waals surface area contributed by atoms with Crippen molar-refractivity contribution in [3.63, 3.8) is 0 Å². The van der Waals surface area contributed by atoms with Crippen molar-refractivity contribution in [3.8, 4) is 0 Å². The number of rotatable bonds is 7. The molecule has 7 N–H and O–H groups in total. The molecule has 1 saturated heterocycles. The fourth-order valence-electron chi connectivity index (χ4n) is 1.91. The van der Waals surface area contributed by atoms with Crippen molar-refractivity contribution >= 4 is 6.29 Å². The highest BCUT2D eigenvalue weighted by molar-refractivity contribution is 5.56. The summed E-state index contributed by atoms with van der Waals surface area (Å²) in [5, 5.41) is 65.6. The largest absolute Gasteiger partial charge is 0.394 e. The second-order valence-corrected chi connectivity index (χ2v) is 4.67. The van der Waals surface area contributed by atoms with E-state index in [1.54, 1.807) is 0 Å². The average Bonchev–Trinajstić information content (AvgIpc) is 2.50. The number of ether oxygens (including phenoxy) is 2. The van der Waals surface area contributed by atoms with Crippen LogP contribution in [-0.4, -0.2) is 104 Å². The van der Waals surface area contributed by atoms with Crippen LogP contribution in [0.3, 0.4) is 0 Å². The molecule has 0 radical (unpaired) electrons. The van der Waals surface area contributed by atoms with Gasteiger partial charge in [-0.1, -0.05) is 0 Å². The molecular weight excluding hydrogens is 292 g/mol. The summed E-state index contributed by atoms with van der Waals surface area (Å²) < 4.78 is 10.0. The summed E-state index contributed by atoms with van der Waals surface area (Å²) in [4.78, 5) is 10.6. The van der Waals surface area contributed by atoms with Gasteiger partial charge in [0, 0.05) is 0 Å². The van der Waals surface area contributed by atoms with Gasteiger partial charge in [-0.2, -0.15) is 0 Å². The first kappa shape index (κ1) is 18.4. The second-order valence-electron chi connectivity index (χ2n) is 4.67. The fourth-order valence-corrected chi connectivity index (χ4v) is 1.91. The Kier molecular flexibility index (Phi) is 7.06. The maximum absolute atomic E-state index is 10.6. The molecule has 0 aromatic carbocycles.